The lowest BCUT2D eigenvalue weighted by molar-refractivity contribution is 0.399. The van der Waals surface area contributed by atoms with Gasteiger partial charge in [0.25, 0.3) is 0 Å². The average molecular weight is 318 g/mol. The van der Waals surface area contributed by atoms with Crippen LogP contribution >= 0.6 is 7.75 Å². The SMILES string of the molecule is CC(C)(C#N)N=NC(C)(C)C#N.CN(C)P(=O)(F)N(C)C. The molecule has 0 aromatic carbocycles. The van der Waals surface area contributed by atoms with E-state index in [0.29, 0.717) is 0 Å². The van der Waals surface area contributed by atoms with Crippen LogP contribution < -0.4 is 0 Å². The molecule has 0 aliphatic carbocycles. The van der Waals surface area contributed by atoms with Crippen molar-refractivity contribution in [2.24, 2.45) is 10.2 Å². The van der Waals surface area contributed by atoms with Crippen molar-refractivity contribution in [3.05, 3.63) is 0 Å². The van der Waals surface area contributed by atoms with E-state index in [1.165, 1.54) is 28.2 Å². The Bertz CT molecular complexity index is 447. The van der Waals surface area contributed by atoms with E-state index in [-0.39, 0.29) is 0 Å². The smallest absolute Gasteiger partial charge is 0.251 e. The Morgan fingerprint density at radius 1 is 0.905 bits per heavy atom. The molecule has 7 nitrogen and oxygen atoms in total. The Labute approximate surface area is 126 Å². The third-order valence-electron chi connectivity index (χ3n) is 2.08. The van der Waals surface area contributed by atoms with Gasteiger partial charge in [-0.15, -0.1) is 0 Å². The van der Waals surface area contributed by atoms with Gasteiger partial charge in [-0.3, -0.25) is 4.57 Å². The molecule has 0 aliphatic rings. The summed E-state index contributed by atoms with van der Waals surface area (Å²) < 4.78 is 25.7. The van der Waals surface area contributed by atoms with Crippen molar-refractivity contribution in [3.63, 3.8) is 0 Å². The molecule has 0 spiro atoms. The molecule has 0 saturated carbocycles. The van der Waals surface area contributed by atoms with Gasteiger partial charge in [0, 0.05) is 0 Å². The summed E-state index contributed by atoms with van der Waals surface area (Å²) >= 11 is 0. The van der Waals surface area contributed by atoms with Gasteiger partial charge in [-0.1, -0.05) is 0 Å². The van der Waals surface area contributed by atoms with Crippen molar-refractivity contribution < 1.29 is 8.76 Å². The molecule has 9 heteroatoms. The number of hydrogen-bond acceptors (Lipinski definition) is 5. The van der Waals surface area contributed by atoms with Gasteiger partial charge in [-0.05, 0) is 55.9 Å². The summed E-state index contributed by atoms with van der Waals surface area (Å²) in [5.74, 6) is 0. The highest BCUT2D eigenvalue weighted by atomic mass is 31.2. The van der Waals surface area contributed by atoms with Crippen LogP contribution in [0.3, 0.4) is 0 Å². The summed E-state index contributed by atoms with van der Waals surface area (Å²) in [4.78, 5) is 0. The summed E-state index contributed by atoms with van der Waals surface area (Å²) in [6, 6.07) is 3.94. The van der Waals surface area contributed by atoms with Gasteiger partial charge in [-0.25, -0.2) is 9.34 Å². The van der Waals surface area contributed by atoms with Crippen LogP contribution in [0.5, 0.6) is 0 Å². The Kier molecular flexibility index (Phi) is 8.56. The second-order valence-corrected chi connectivity index (χ2v) is 8.25. The molecule has 0 N–H and O–H groups in total. The van der Waals surface area contributed by atoms with Crippen molar-refractivity contribution in [1.29, 1.82) is 10.5 Å². The summed E-state index contributed by atoms with van der Waals surface area (Å²) in [5.41, 5.74) is -1.68. The summed E-state index contributed by atoms with van der Waals surface area (Å²) in [6.45, 7) is 6.57. The molecule has 0 fully saturated rings. The van der Waals surface area contributed by atoms with Crippen LogP contribution in [0.1, 0.15) is 27.7 Å². The topological polar surface area (TPSA) is 95.8 Å². The summed E-state index contributed by atoms with van der Waals surface area (Å²) in [6.07, 6.45) is 0. The molecule has 0 heterocycles. The third kappa shape index (κ3) is 9.25. The maximum atomic E-state index is 12.7. The zero-order valence-electron chi connectivity index (χ0n) is 13.9. The molecule has 0 rings (SSSR count). The Hall–Kier alpha value is -1.34. The normalized spacial score (nSPS) is 12.8. The molecule has 0 atom stereocenters. The zero-order valence-corrected chi connectivity index (χ0v) is 14.8. The van der Waals surface area contributed by atoms with Gasteiger partial charge in [-0.2, -0.15) is 24.9 Å². The molecular weight excluding hydrogens is 294 g/mol. The van der Waals surface area contributed by atoms with Crippen LogP contribution in [0, 0.1) is 22.7 Å². The van der Waals surface area contributed by atoms with Crippen LogP contribution in [0.2, 0.25) is 0 Å². The largest absolute Gasteiger partial charge is 0.381 e. The monoisotopic (exact) mass is 318 g/mol. The van der Waals surface area contributed by atoms with Crippen molar-refractivity contribution in [2.75, 3.05) is 28.2 Å². The molecule has 0 unspecified atom stereocenters. The van der Waals surface area contributed by atoms with Gasteiger partial charge >= 0.3 is 7.75 Å². The van der Waals surface area contributed by atoms with E-state index in [1.54, 1.807) is 27.7 Å². The molecule has 21 heavy (non-hydrogen) atoms. The highest BCUT2D eigenvalue weighted by Gasteiger charge is 2.26. The zero-order chi connectivity index (χ0) is 17.5. The predicted molar refractivity (Wildman–Crippen MR) is 80.3 cm³/mol. The molecule has 0 aliphatic heterocycles. The number of nitrogens with zero attached hydrogens (tertiary/aromatic N) is 6. The number of nitriles is 2. The third-order valence-corrected chi connectivity index (χ3v) is 4.06. The number of hydrogen-bond donors (Lipinski definition) is 0. The molecule has 0 saturated heterocycles. The van der Waals surface area contributed by atoms with Crippen LogP contribution in [-0.4, -0.2) is 48.6 Å². The highest BCUT2D eigenvalue weighted by molar-refractivity contribution is 7.53. The minimum absolute atomic E-state index is 0.839. The van der Waals surface area contributed by atoms with Crippen molar-refractivity contribution >= 4 is 7.75 Å². The quantitative estimate of drug-likeness (QED) is 0.585. The lowest BCUT2D eigenvalue weighted by Crippen LogP contribution is -2.17. The number of azo groups is 1. The predicted octanol–water partition coefficient (Wildman–Crippen LogP) is 3.23. The molecular formula is C12H24FN6OP. The maximum Gasteiger partial charge on any atom is 0.381 e. The van der Waals surface area contributed by atoms with Crippen molar-refractivity contribution in [2.45, 2.75) is 38.8 Å². The molecule has 0 amide bonds. The molecule has 0 bridgehead atoms. The lowest BCUT2D eigenvalue weighted by Gasteiger charge is -2.21. The van der Waals surface area contributed by atoms with Crippen LogP contribution in [0.25, 0.3) is 0 Å². The molecule has 0 aromatic heterocycles. The first-order chi connectivity index (χ1) is 9.22. The van der Waals surface area contributed by atoms with E-state index in [1.807, 2.05) is 12.1 Å². The van der Waals surface area contributed by atoms with E-state index in [2.05, 4.69) is 10.2 Å². The fourth-order valence-electron chi connectivity index (χ4n) is 0.652. The van der Waals surface area contributed by atoms with Crippen LogP contribution in [0.15, 0.2) is 10.2 Å². The first-order valence-corrected chi connectivity index (χ1v) is 7.64. The van der Waals surface area contributed by atoms with E-state index >= 15 is 0 Å². The minimum Gasteiger partial charge on any atom is -0.251 e. The standard InChI is InChI=1S/C8H12N4.C4H12FN2OP/c1-7(2,5-9)11-12-8(3,4)6-10;1-6(2)9(5,8)7(3)4/h1-4H3;1-4H3. The summed E-state index contributed by atoms with van der Waals surface area (Å²) in [5, 5.41) is 24.7. The molecule has 0 aromatic rings. The minimum atomic E-state index is -3.67. The fraction of sp³-hybridized carbons (Fsp3) is 0.833. The Balaban J connectivity index is 0. The van der Waals surface area contributed by atoms with Crippen molar-refractivity contribution in [3.8, 4) is 12.1 Å². The number of rotatable bonds is 4. The van der Waals surface area contributed by atoms with E-state index in [4.69, 9.17) is 10.5 Å². The van der Waals surface area contributed by atoms with E-state index in [0.717, 1.165) is 9.34 Å². The highest BCUT2D eigenvalue weighted by Crippen LogP contribution is 2.50. The second kappa shape index (κ2) is 8.19. The molecule has 0 radical (unpaired) electrons. The Morgan fingerprint density at radius 3 is 1.24 bits per heavy atom. The first-order valence-electron chi connectivity index (χ1n) is 6.13. The van der Waals surface area contributed by atoms with Gasteiger partial charge in [0.2, 0.25) is 0 Å². The van der Waals surface area contributed by atoms with E-state index in [9.17, 15) is 8.76 Å². The average Bonchev–Trinajstić information content (AvgIpc) is 2.37. The van der Waals surface area contributed by atoms with Gasteiger partial charge in [0.1, 0.15) is 0 Å². The molecule has 120 valence electrons. The van der Waals surface area contributed by atoms with Crippen LogP contribution in [0.4, 0.5) is 4.20 Å². The van der Waals surface area contributed by atoms with Gasteiger partial charge in [0.05, 0.1) is 12.1 Å². The maximum absolute atomic E-state index is 12.7. The second-order valence-electron chi connectivity index (χ2n) is 5.71. The first kappa shape index (κ1) is 21.9. The van der Waals surface area contributed by atoms with Crippen LogP contribution in [-0.2, 0) is 4.57 Å². The lowest BCUT2D eigenvalue weighted by atomic mass is 10.1. The summed E-state index contributed by atoms with van der Waals surface area (Å²) in [7, 11) is 2.11. The number of halogens is 1. The fourth-order valence-corrected chi connectivity index (χ4v) is 1.37. The Morgan fingerprint density at radius 2 is 1.14 bits per heavy atom. The van der Waals surface area contributed by atoms with Gasteiger partial charge in [0.15, 0.2) is 11.1 Å². The van der Waals surface area contributed by atoms with Crippen molar-refractivity contribution in [1.82, 2.24) is 9.34 Å². The van der Waals surface area contributed by atoms with Gasteiger partial charge < -0.3 is 0 Å². The van der Waals surface area contributed by atoms with E-state index < -0.39 is 18.8 Å².